The second-order valence-electron chi connectivity index (χ2n) is 3.85. The van der Waals surface area contributed by atoms with Crippen molar-refractivity contribution in [2.75, 3.05) is 0 Å². The van der Waals surface area contributed by atoms with Gasteiger partial charge in [-0.2, -0.15) is 0 Å². The molecule has 0 atom stereocenters. The van der Waals surface area contributed by atoms with E-state index in [0.29, 0.717) is 0 Å². The highest BCUT2D eigenvalue weighted by Crippen LogP contribution is 2.16. The average molecular weight is 216 g/mol. The van der Waals surface area contributed by atoms with E-state index in [1.165, 1.54) is 4.68 Å². The van der Waals surface area contributed by atoms with Crippen molar-refractivity contribution in [3.05, 3.63) is 35.5 Å². The minimum Gasteiger partial charge on any atom is -0.544 e. The predicted molar refractivity (Wildman–Crippen MR) is 56.4 cm³/mol. The monoisotopic (exact) mass is 216 g/mol. The minimum atomic E-state index is -1.13. The van der Waals surface area contributed by atoms with Crippen molar-refractivity contribution < 1.29 is 14.6 Å². The van der Waals surface area contributed by atoms with E-state index in [-0.39, 0.29) is 6.54 Å². The molecule has 1 heterocycles. The Morgan fingerprint density at radius 2 is 2.12 bits per heavy atom. The molecule has 0 radical (unpaired) electrons. The summed E-state index contributed by atoms with van der Waals surface area (Å²) in [5.41, 5.74) is 2.88. The highest BCUT2D eigenvalue weighted by Gasteiger charge is 2.10. The number of carboxylic acids is 1. The molecule has 2 aromatic rings. The van der Waals surface area contributed by atoms with E-state index in [0.717, 1.165) is 22.0 Å². The molecule has 16 heavy (non-hydrogen) atoms. The van der Waals surface area contributed by atoms with Crippen molar-refractivity contribution in [3.63, 3.8) is 0 Å². The number of hydrogen-bond donors (Lipinski definition) is 0. The summed E-state index contributed by atoms with van der Waals surface area (Å²) in [6, 6.07) is 5.90. The van der Waals surface area contributed by atoms with E-state index in [2.05, 4.69) is 5.10 Å². The molecule has 2 rings (SSSR count). The summed E-state index contributed by atoms with van der Waals surface area (Å²) in [6.45, 7) is 3.68. The number of aliphatic carboxylic acids is 1. The summed E-state index contributed by atoms with van der Waals surface area (Å²) in [6.07, 6.45) is 1.72. The number of aryl methyl sites for hydroxylation is 2. The van der Waals surface area contributed by atoms with E-state index < -0.39 is 5.97 Å². The Kier molecular flexibility index (Phi) is 2.56. The standard InChI is InChI=1S/C12H12N2O2/c1-8-4-3-5-10-9(2)6-14(7-11(15)16)13-12(8)10/h3-6H,7H2,1-2H3. The fourth-order valence-corrected chi connectivity index (χ4v) is 1.77. The molecule has 4 heteroatoms. The number of fused-ring (bicyclic) bond motifs is 1. The van der Waals surface area contributed by atoms with Gasteiger partial charge in [0.25, 0.3) is 0 Å². The minimum absolute atomic E-state index is 0.217. The van der Waals surface area contributed by atoms with Crippen molar-refractivity contribution >= 4 is 16.9 Å². The highest BCUT2D eigenvalue weighted by molar-refractivity contribution is 5.83. The molecule has 0 aliphatic carbocycles. The Labute approximate surface area is 93.1 Å². The maximum Gasteiger partial charge on any atom is 0.213 e. The highest BCUT2D eigenvalue weighted by atomic mass is 16.4. The van der Waals surface area contributed by atoms with Crippen LogP contribution < -0.4 is 9.79 Å². The Morgan fingerprint density at radius 1 is 1.38 bits per heavy atom. The molecule has 4 nitrogen and oxygen atoms in total. The molecule has 0 aliphatic rings. The molecular weight excluding hydrogens is 204 g/mol. The van der Waals surface area contributed by atoms with Crippen LogP contribution in [0.5, 0.6) is 0 Å². The van der Waals surface area contributed by atoms with Gasteiger partial charge in [-0.05, 0) is 19.4 Å². The van der Waals surface area contributed by atoms with Crippen LogP contribution in [0.3, 0.4) is 0 Å². The van der Waals surface area contributed by atoms with Gasteiger partial charge >= 0.3 is 0 Å². The quantitative estimate of drug-likeness (QED) is 0.658. The predicted octanol–water partition coefficient (Wildman–Crippen LogP) is -0.111. The molecule has 82 valence electrons. The third-order valence-electron chi connectivity index (χ3n) is 2.52. The Hall–Kier alpha value is -1.97. The van der Waals surface area contributed by atoms with Gasteiger partial charge < -0.3 is 9.90 Å². The Morgan fingerprint density at radius 3 is 2.81 bits per heavy atom. The molecule has 0 bridgehead atoms. The van der Waals surface area contributed by atoms with Gasteiger partial charge in [0, 0.05) is 16.0 Å². The van der Waals surface area contributed by atoms with Crippen LogP contribution in [0.25, 0.3) is 10.9 Å². The molecule has 0 saturated carbocycles. The number of carboxylic acid groups (broad SMARTS) is 1. The third kappa shape index (κ3) is 1.86. The average Bonchev–Trinajstić information content (AvgIpc) is 2.19. The van der Waals surface area contributed by atoms with E-state index in [1.807, 2.05) is 32.0 Å². The number of hydrogen-bond acceptors (Lipinski definition) is 3. The van der Waals surface area contributed by atoms with Crippen molar-refractivity contribution in [2.24, 2.45) is 0 Å². The van der Waals surface area contributed by atoms with Gasteiger partial charge in [0.1, 0.15) is 11.5 Å². The molecule has 1 aromatic carbocycles. The SMILES string of the molecule is Cc1c[n+](CC(=O)[O-])nc2c(C)cccc12. The summed E-state index contributed by atoms with van der Waals surface area (Å²) in [7, 11) is 0. The number of rotatable bonds is 2. The summed E-state index contributed by atoms with van der Waals surface area (Å²) < 4.78 is 1.40. The number of carbonyl (C=O) groups excluding carboxylic acids is 1. The lowest BCUT2D eigenvalue weighted by atomic mass is 10.1. The first-order valence-corrected chi connectivity index (χ1v) is 5.04. The molecule has 0 N–H and O–H groups in total. The summed E-state index contributed by atoms with van der Waals surface area (Å²) in [5.74, 6) is -1.13. The summed E-state index contributed by atoms with van der Waals surface area (Å²) in [4.78, 5) is 10.5. The van der Waals surface area contributed by atoms with Gasteiger partial charge in [0.05, 0.1) is 0 Å². The molecule has 0 fully saturated rings. The van der Waals surface area contributed by atoms with Gasteiger partial charge in [-0.1, -0.05) is 22.9 Å². The Balaban J connectivity index is 2.65. The normalized spacial score (nSPS) is 10.6. The molecule has 0 saturated heterocycles. The zero-order chi connectivity index (χ0) is 11.7. The smallest absolute Gasteiger partial charge is 0.213 e. The van der Waals surface area contributed by atoms with Crippen molar-refractivity contribution in [1.29, 1.82) is 0 Å². The summed E-state index contributed by atoms with van der Waals surface area (Å²) in [5, 5.41) is 15.9. The maximum absolute atomic E-state index is 10.5. The Bertz CT molecular complexity index is 564. The third-order valence-corrected chi connectivity index (χ3v) is 2.52. The second-order valence-corrected chi connectivity index (χ2v) is 3.85. The van der Waals surface area contributed by atoms with Crippen LogP contribution in [0.1, 0.15) is 11.1 Å². The number of benzene rings is 1. The lowest BCUT2D eigenvalue weighted by Gasteiger charge is -2.03. The van der Waals surface area contributed by atoms with Gasteiger partial charge in [-0.3, -0.25) is 0 Å². The van der Waals surface area contributed by atoms with Crippen LogP contribution >= 0.6 is 0 Å². The largest absolute Gasteiger partial charge is 0.544 e. The van der Waals surface area contributed by atoms with E-state index in [9.17, 15) is 9.90 Å². The van der Waals surface area contributed by atoms with Gasteiger partial charge in [0.15, 0.2) is 6.20 Å². The van der Waals surface area contributed by atoms with Crippen LogP contribution in [0, 0.1) is 13.8 Å². The fraction of sp³-hybridized carbons (Fsp3) is 0.250. The van der Waals surface area contributed by atoms with Crippen LogP contribution in [0.15, 0.2) is 24.4 Å². The first-order chi connectivity index (χ1) is 7.58. The number of nitrogens with zero attached hydrogens (tertiary/aromatic N) is 2. The van der Waals surface area contributed by atoms with Crippen molar-refractivity contribution in [3.8, 4) is 0 Å². The maximum atomic E-state index is 10.5. The first kappa shape index (κ1) is 10.5. The summed E-state index contributed by atoms with van der Waals surface area (Å²) >= 11 is 0. The topological polar surface area (TPSA) is 56.9 Å². The molecular formula is C12H12N2O2. The molecule has 1 aromatic heterocycles. The fourth-order valence-electron chi connectivity index (χ4n) is 1.77. The molecule has 0 amide bonds. The van der Waals surface area contributed by atoms with E-state index >= 15 is 0 Å². The molecule has 0 spiro atoms. The van der Waals surface area contributed by atoms with Crippen molar-refractivity contribution in [2.45, 2.75) is 20.4 Å². The lowest BCUT2D eigenvalue weighted by molar-refractivity contribution is -0.745. The van der Waals surface area contributed by atoms with Crippen LogP contribution in [0.2, 0.25) is 0 Å². The second kappa shape index (κ2) is 3.89. The zero-order valence-electron chi connectivity index (χ0n) is 9.23. The van der Waals surface area contributed by atoms with Crippen LogP contribution in [-0.2, 0) is 11.3 Å². The van der Waals surface area contributed by atoms with Crippen molar-refractivity contribution in [1.82, 2.24) is 5.10 Å². The zero-order valence-corrected chi connectivity index (χ0v) is 9.23. The van der Waals surface area contributed by atoms with Gasteiger partial charge in [-0.15, -0.1) is 0 Å². The van der Waals surface area contributed by atoms with E-state index in [1.54, 1.807) is 6.20 Å². The molecule has 0 aliphatic heterocycles. The lowest BCUT2D eigenvalue weighted by Crippen LogP contribution is -2.46. The first-order valence-electron chi connectivity index (χ1n) is 5.04. The number of aromatic nitrogens is 2. The van der Waals surface area contributed by atoms with Crippen LogP contribution in [-0.4, -0.2) is 11.1 Å². The van der Waals surface area contributed by atoms with Gasteiger partial charge in [0.2, 0.25) is 6.54 Å². The number of carbonyl (C=O) groups is 1. The van der Waals surface area contributed by atoms with Crippen LogP contribution in [0.4, 0.5) is 0 Å². The van der Waals surface area contributed by atoms with E-state index in [4.69, 9.17) is 0 Å². The van der Waals surface area contributed by atoms with Gasteiger partial charge in [-0.25, -0.2) is 0 Å². The molecule has 0 unspecified atom stereocenters.